The van der Waals surface area contributed by atoms with Gasteiger partial charge in [-0.2, -0.15) is 0 Å². The van der Waals surface area contributed by atoms with E-state index in [1.165, 1.54) is 71.2 Å². The summed E-state index contributed by atoms with van der Waals surface area (Å²) in [6.45, 7) is 8.08. The molecule has 0 aromatic carbocycles. The fourth-order valence-corrected chi connectivity index (χ4v) is 5.42. The number of hydrogen-bond donors (Lipinski definition) is 0. The monoisotopic (exact) mass is 355 g/mol. The van der Waals surface area contributed by atoms with Gasteiger partial charge in [0.15, 0.2) is 0 Å². The minimum atomic E-state index is 0.481. The fraction of sp³-hybridized carbons (Fsp3) is 0.773. The first-order chi connectivity index (χ1) is 12.8. The van der Waals surface area contributed by atoms with E-state index in [1.807, 2.05) is 18.3 Å². The van der Waals surface area contributed by atoms with Crippen molar-refractivity contribution in [2.45, 2.75) is 51.2 Å². The summed E-state index contributed by atoms with van der Waals surface area (Å²) < 4.78 is 6.19. The second kappa shape index (κ2) is 7.21. The zero-order chi connectivity index (χ0) is 17.4. The normalized spacial score (nSPS) is 33.2. The molecule has 4 aliphatic rings. The third kappa shape index (κ3) is 3.56. The topological polar surface area (TPSA) is 28.6 Å². The summed E-state index contributed by atoms with van der Waals surface area (Å²) in [5.41, 5.74) is 1.53. The number of aromatic nitrogens is 1. The van der Waals surface area contributed by atoms with Gasteiger partial charge in [-0.05, 0) is 56.7 Å². The van der Waals surface area contributed by atoms with E-state index in [9.17, 15) is 0 Å². The van der Waals surface area contributed by atoms with E-state index in [1.54, 1.807) is 0 Å². The molecule has 0 N–H and O–H groups in total. The van der Waals surface area contributed by atoms with Crippen molar-refractivity contribution in [2.24, 2.45) is 17.3 Å². The van der Waals surface area contributed by atoms with E-state index in [0.717, 1.165) is 24.3 Å². The average Bonchev–Trinajstić information content (AvgIpc) is 3.23. The van der Waals surface area contributed by atoms with Crippen molar-refractivity contribution in [3.05, 3.63) is 30.1 Å². The van der Waals surface area contributed by atoms with Gasteiger partial charge in [-0.25, -0.2) is 0 Å². The van der Waals surface area contributed by atoms with Gasteiger partial charge in [-0.1, -0.05) is 12.5 Å². The van der Waals surface area contributed by atoms with E-state index in [2.05, 4.69) is 20.9 Å². The smallest absolute Gasteiger partial charge is 0.0887 e. The highest BCUT2D eigenvalue weighted by atomic mass is 16.5. The summed E-state index contributed by atoms with van der Waals surface area (Å²) in [4.78, 5) is 9.99. The van der Waals surface area contributed by atoms with Gasteiger partial charge in [-0.15, -0.1) is 0 Å². The molecular weight excluding hydrogens is 322 g/mol. The van der Waals surface area contributed by atoms with Crippen LogP contribution < -0.4 is 0 Å². The van der Waals surface area contributed by atoms with Crippen LogP contribution in [0.5, 0.6) is 0 Å². The quantitative estimate of drug-likeness (QED) is 0.751. The predicted molar refractivity (Wildman–Crippen MR) is 103 cm³/mol. The first-order valence-electron chi connectivity index (χ1n) is 10.7. The van der Waals surface area contributed by atoms with Crippen molar-refractivity contribution in [1.82, 2.24) is 14.8 Å². The maximum absolute atomic E-state index is 6.19. The lowest BCUT2D eigenvalue weighted by molar-refractivity contribution is 0.0454. The van der Waals surface area contributed by atoms with Crippen LogP contribution in [-0.4, -0.2) is 60.2 Å². The van der Waals surface area contributed by atoms with Crippen molar-refractivity contribution in [1.29, 1.82) is 0 Å². The molecular formula is C22H33N3O. The van der Waals surface area contributed by atoms with E-state index in [4.69, 9.17) is 4.74 Å². The molecule has 2 aliphatic heterocycles. The van der Waals surface area contributed by atoms with Crippen LogP contribution in [-0.2, 0) is 11.3 Å². The van der Waals surface area contributed by atoms with Gasteiger partial charge < -0.3 is 9.64 Å². The molecule has 142 valence electrons. The number of hydrogen-bond acceptors (Lipinski definition) is 4. The summed E-state index contributed by atoms with van der Waals surface area (Å²) >= 11 is 0. The highest BCUT2D eigenvalue weighted by Gasteiger charge is 2.52. The molecule has 4 heteroatoms. The van der Waals surface area contributed by atoms with Crippen LogP contribution >= 0.6 is 0 Å². The van der Waals surface area contributed by atoms with E-state index in [-0.39, 0.29) is 0 Å². The zero-order valence-electron chi connectivity index (χ0n) is 16.0. The van der Waals surface area contributed by atoms with Crippen molar-refractivity contribution >= 4 is 0 Å². The molecule has 1 aromatic rings. The Hall–Kier alpha value is -0.970. The van der Waals surface area contributed by atoms with Crippen LogP contribution in [0.15, 0.2) is 24.4 Å². The number of rotatable bonds is 7. The summed E-state index contributed by atoms with van der Waals surface area (Å²) in [5, 5.41) is 0. The Kier molecular flexibility index (Phi) is 4.76. The first-order valence-corrected chi connectivity index (χ1v) is 10.7. The van der Waals surface area contributed by atoms with Gasteiger partial charge in [0.25, 0.3) is 0 Å². The lowest BCUT2D eigenvalue weighted by Gasteiger charge is -2.37. The largest absolute Gasteiger partial charge is 0.375 e. The van der Waals surface area contributed by atoms with Crippen LogP contribution in [0.2, 0.25) is 0 Å². The Bertz CT molecular complexity index is 601. The minimum absolute atomic E-state index is 0.481. The molecule has 0 amide bonds. The molecule has 4 fully saturated rings. The Balaban J connectivity index is 1.22. The maximum Gasteiger partial charge on any atom is 0.0887 e. The molecule has 1 spiro atoms. The molecule has 2 aliphatic carbocycles. The Morgan fingerprint density at radius 3 is 2.81 bits per heavy atom. The van der Waals surface area contributed by atoms with Crippen LogP contribution in [0.1, 0.15) is 44.2 Å². The summed E-state index contributed by atoms with van der Waals surface area (Å²) in [7, 11) is 0. The van der Waals surface area contributed by atoms with E-state index < -0.39 is 0 Å². The van der Waals surface area contributed by atoms with Crippen LogP contribution in [0.25, 0.3) is 0 Å². The Morgan fingerprint density at radius 2 is 2.08 bits per heavy atom. The Labute approximate surface area is 157 Å². The van der Waals surface area contributed by atoms with Gasteiger partial charge in [0.05, 0.1) is 18.9 Å². The molecule has 2 atom stereocenters. The fourth-order valence-electron chi connectivity index (χ4n) is 5.42. The van der Waals surface area contributed by atoms with Crippen molar-refractivity contribution in [3.63, 3.8) is 0 Å². The summed E-state index contributed by atoms with van der Waals surface area (Å²) in [6.07, 6.45) is 10.5. The molecule has 5 rings (SSSR count). The molecule has 2 saturated heterocycles. The van der Waals surface area contributed by atoms with Gasteiger partial charge in [-0.3, -0.25) is 9.88 Å². The Morgan fingerprint density at radius 1 is 1.15 bits per heavy atom. The second-order valence-electron chi connectivity index (χ2n) is 9.34. The van der Waals surface area contributed by atoms with Crippen LogP contribution in [0.3, 0.4) is 0 Å². The summed E-state index contributed by atoms with van der Waals surface area (Å²) in [6, 6.07) is 6.98. The van der Waals surface area contributed by atoms with Crippen molar-refractivity contribution in [2.75, 3.05) is 39.3 Å². The number of pyridine rings is 1. The van der Waals surface area contributed by atoms with E-state index in [0.29, 0.717) is 17.9 Å². The molecule has 0 unspecified atom stereocenters. The minimum Gasteiger partial charge on any atom is -0.375 e. The molecule has 4 nitrogen and oxygen atoms in total. The SMILES string of the molecule is c1ccc(COC[C@@H]2CN(CC3CC3)C[C@]23CCN(C2CCC2)C3)nc1. The second-order valence-corrected chi connectivity index (χ2v) is 9.34. The zero-order valence-corrected chi connectivity index (χ0v) is 16.0. The third-order valence-electron chi connectivity index (χ3n) is 7.40. The number of ether oxygens (including phenoxy) is 1. The predicted octanol–water partition coefficient (Wildman–Crippen LogP) is 3.18. The molecule has 0 bridgehead atoms. The molecule has 0 radical (unpaired) electrons. The molecule has 26 heavy (non-hydrogen) atoms. The third-order valence-corrected chi connectivity index (χ3v) is 7.40. The van der Waals surface area contributed by atoms with Crippen molar-refractivity contribution < 1.29 is 4.74 Å². The van der Waals surface area contributed by atoms with Gasteiger partial charge in [0.1, 0.15) is 0 Å². The number of likely N-dealkylation sites (tertiary alicyclic amines) is 2. The van der Waals surface area contributed by atoms with Gasteiger partial charge >= 0.3 is 0 Å². The van der Waals surface area contributed by atoms with Gasteiger partial charge in [0, 0.05) is 49.8 Å². The number of nitrogens with zero attached hydrogens (tertiary/aromatic N) is 3. The highest BCUT2D eigenvalue weighted by Crippen LogP contribution is 2.47. The lowest BCUT2D eigenvalue weighted by atomic mass is 9.77. The summed E-state index contributed by atoms with van der Waals surface area (Å²) in [5.74, 6) is 1.68. The molecule has 2 saturated carbocycles. The average molecular weight is 356 g/mol. The standard InChI is InChI=1S/C22H33N3O/c1-2-10-23-20(4-1)15-26-14-19-13-24(12-18-7-8-18)16-22(19)9-11-25(17-22)21-5-3-6-21/h1-2,4,10,18-19,21H,3,5-9,11-17H2/t19-,22-/m0/s1. The lowest BCUT2D eigenvalue weighted by Crippen LogP contribution is -2.42. The van der Waals surface area contributed by atoms with E-state index >= 15 is 0 Å². The van der Waals surface area contributed by atoms with Crippen LogP contribution in [0.4, 0.5) is 0 Å². The molecule has 3 heterocycles. The van der Waals surface area contributed by atoms with Crippen molar-refractivity contribution in [3.8, 4) is 0 Å². The first kappa shape index (κ1) is 17.2. The van der Waals surface area contributed by atoms with Crippen LogP contribution in [0, 0.1) is 17.3 Å². The molecule has 1 aromatic heterocycles. The maximum atomic E-state index is 6.19. The highest BCUT2D eigenvalue weighted by molar-refractivity contribution is 5.05. The van der Waals surface area contributed by atoms with Gasteiger partial charge in [0.2, 0.25) is 0 Å².